The lowest BCUT2D eigenvalue weighted by Gasteiger charge is -2.12. The quantitative estimate of drug-likeness (QED) is 0.171. The van der Waals surface area contributed by atoms with Crippen LogP contribution in [0.15, 0.2) is 197 Å². The number of furan rings is 2. The predicted octanol–water partition coefficient (Wildman–Crippen LogP) is 13.7. The first-order valence-corrected chi connectivity index (χ1v) is 18.7. The van der Waals surface area contributed by atoms with E-state index in [0.29, 0.717) is 17.5 Å². The molecule has 11 aromatic rings. The van der Waals surface area contributed by atoms with E-state index < -0.39 is 0 Å². The summed E-state index contributed by atoms with van der Waals surface area (Å²) in [5.41, 5.74) is 12.8. The third kappa shape index (κ3) is 5.37. The highest BCUT2D eigenvalue weighted by Crippen LogP contribution is 2.43. The second kappa shape index (κ2) is 13.0. The van der Waals surface area contributed by atoms with Gasteiger partial charge in [0.25, 0.3) is 0 Å². The Bertz CT molecular complexity index is 3180. The average molecular weight is 718 g/mol. The van der Waals surface area contributed by atoms with E-state index in [1.807, 2.05) is 78.9 Å². The van der Waals surface area contributed by atoms with Gasteiger partial charge in [0.1, 0.15) is 22.3 Å². The second-order valence-electron chi connectivity index (χ2n) is 13.9. The van der Waals surface area contributed by atoms with Gasteiger partial charge in [0.2, 0.25) is 0 Å². The number of hydrogen-bond donors (Lipinski definition) is 0. The Labute approximate surface area is 322 Å². The van der Waals surface area contributed by atoms with Crippen molar-refractivity contribution in [3.05, 3.63) is 188 Å². The maximum absolute atomic E-state index is 6.60. The van der Waals surface area contributed by atoms with Crippen LogP contribution in [0, 0.1) is 0 Å². The molecular weight excluding hydrogens is 687 g/mol. The fraction of sp³-hybridized carbons (Fsp3) is 0. The third-order valence-electron chi connectivity index (χ3n) is 10.6. The smallest absolute Gasteiger partial charge is 0.164 e. The van der Waals surface area contributed by atoms with E-state index in [1.165, 1.54) is 11.1 Å². The highest BCUT2D eigenvalue weighted by molar-refractivity contribution is 6.15. The van der Waals surface area contributed by atoms with Crippen molar-refractivity contribution in [1.29, 1.82) is 0 Å². The van der Waals surface area contributed by atoms with E-state index in [1.54, 1.807) is 0 Å². The lowest BCUT2D eigenvalue weighted by atomic mass is 9.91. The molecule has 0 radical (unpaired) electrons. The molecule has 5 heteroatoms. The molecule has 0 saturated heterocycles. The molecule has 0 amide bonds. The van der Waals surface area contributed by atoms with Gasteiger partial charge in [-0.15, -0.1) is 0 Å². The Morgan fingerprint density at radius 2 is 0.696 bits per heavy atom. The van der Waals surface area contributed by atoms with E-state index in [-0.39, 0.29) is 0 Å². The highest BCUT2D eigenvalue weighted by Gasteiger charge is 2.19. The molecule has 3 aromatic heterocycles. The maximum Gasteiger partial charge on any atom is 0.164 e. The highest BCUT2D eigenvalue weighted by atomic mass is 16.3. The van der Waals surface area contributed by atoms with Crippen molar-refractivity contribution in [1.82, 2.24) is 15.0 Å². The maximum atomic E-state index is 6.60. The van der Waals surface area contributed by atoms with Gasteiger partial charge in [-0.3, -0.25) is 0 Å². The lowest BCUT2D eigenvalue weighted by molar-refractivity contribution is 0.668. The summed E-state index contributed by atoms with van der Waals surface area (Å²) in [6.07, 6.45) is 0. The molecule has 0 aliphatic heterocycles. The lowest BCUT2D eigenvalue weighted by Crippen LogP contribution is -2.00. The Morgan fingerprint density at radius 3 is 1.29 bits per heavy atom. The van der Waals surface area contributed by atoms with Gasteiger partial charge in [-0.2, -0.15) is 0 Å². The van der Waals surface area contributed by atoms with Crippen molar-refractivity contribution < 1.29 is 8.83 Å². The number of aromatic nitrogens is 3. The number of nitrogens with zero attached hydrogens (tertiary/aromatic N) is 3. The van der Waals surface area contributed by atoms with Crippen LogP contribution in [0.25, 0.3) is 111 Å². The van der Waals surface area contributed by atoms with Crippen molar-refractivity contribution >= 4 is 43.9 Å². The van der Waals surface area contributed by atoms with Gasteiger partial charge in [-0.1, -0.05) is 152 Å². The van der Waals surface area contributed by atoms with Crippen molar-refractivity contribution in [2.24, 2.45) is 0 Å². The first-order chi connectivity index (χ1) is 27.7. The first-order valence-electron chi connectivity index (χ1n) is 18.7. The van der Waals surface area contributed by atoms with Crippen LogP contribution in [0.5, 0.6) is 0 Å². The molecule has 0 spiro atoms. The summed E-state index contributed by atoms with van der Waals surface area (Å²) in [5.74, 6) is 1.83. The number of rotatable bonds is 6. The third-order valence-corrected chi connectivity index (χ3v) is 10.6. The fourth-order valence-electron chi connectivity index (χ4n) is 7.95. The molecule has 262 valence electrons. The molecule has 5 nitrogen and oxygen atoms in total. The summed E-state index contributed by atoms with van der Waals surface area (Å²) in [7, 11) is 0. The summed E-state index contributed by atoms with van der Waals surface area (Å²) in [6.45, 7) is 0. The number of benzene rings is 8. The van der Waals surface area contributed by atoms with Gasteiger partial charge in [-0.05, 0) is 69.8 Å². The standard InChI is InChI=1S/C51H31N3O2/c1-4-14-32(15-5-1)38-22-12-24-43-47(38)41-28-26-35(30-45(41)55-43)37-20-10-11-21-39(37)40-23-13-25-44-48(40)42-29-27-36(31-46(42)56-44)51-53-49(33-16-6-2-7-17-33)52-50(54-51)34-18-8-3-9-19-34/h1-31H. The molecule has 0 aliphatic carbocycles. The van der Waals surface area contributed by atoms with E-state index in [2.05, 4.69) is 109 Å². The molecule has 0 saturated carbocycles. The summed E-state index contributed by atoms with van der Waals surface area (Å²) in [5, 5.41) is 4.32. The van der Waals surface area contributed by atoms with Crippen LogP contribution in [0.2, 0.25) is 0 Å². The zero-order valence-electron chi connectivity index (χ0n) is 30.1. The van der Waals surface area contributed by atoms with Gasteiger partial charge in [-0.25, -0.2) is 15.0 Å². The second-order valence-corrected chi connectivity index (χ2v) is 13.9. The Balaban J connectivity index is 1.03. The molecule has 0 N–H and O–H groups in total. The first kappa shape index (κ1) is 31.9. The molecular formula is C51H31N3O2. The molecule has 0 bridgehead atoms. The Morgan fingerprint density at radius 1 is 0.268 bits per heavy atom. The number of fused-ring (bicyclic) bond motifs is 6. The molecule has 0 unspecified atom stereocenters. The van der Waals surface area contributed by atoms with Gasteiger partial charge in [0.15, 0.2) is 17.5 Å². The van der Waals surface area contributed by atoms with Crippen molar-refractivity contribution in [2.75, 3.05) is 0 Å². The van der Waals surface area contributed by atoms with E-state index in [4.69, 9.17) is 23.8 Å². The summed E-state index contributed by atoms with van der Waals surface area (Å²) in [4.78, 5) is 14.8. The largest absolute Gasteiger partial charge is 0.456 e. The summed E-state index contributed by atoms with van der Waals surface area (Å²) in [6, 6.07) is 64.5. The van der Waals surface area contributed by atoms with E-state index in [0.717, 1.165) is 82.8 Å². The topological polar surface area (TPSA) is 65.0 Å². The minimum absolute atomic E-state index is 0.586. The molecule has 56 heavy (non-hydrogen) atoms. The van der Waals surface area contributed by atoms with Crippen LogP contribution in [0.3, 0.4) is 0 Å². The van der Waals surface area contributed by atoms with Crippen LogP contribution >= 0.6 is 0 Å². The minimum atomic E-state index is 0.586. The van der Waals surface area contributed by atoms with Crippen LogP contribution in [-0.4, -0.2) is 15.0 Å². The SMILES string of the molecule is c1ccc(-c2nc(-c3ccccc3)nc(-c3ccc4c(c3)oc3cccc(-c5ccccc5-c5ccc6c(c5)oc5cccc(-c7ccccc7)c56)c34)n2)cc1. The molecule has 0 atom stereocenters. The molecule has 3 heterocycles. The van der Waals surface area contributed by atoms with Crippen LogP contribution in [0.4, 0.5) is 0 Å². The van der Waals surface area contributed by atoms with Gasteiger partial charge in [0, 0.05) is 38.2 Å². The predicted molar refractivity (Wildman–Crippen MR) is 227 cm³/mol. The molecule has 8 aromatic carbocycles. The van der Waals surface area contributed by atoms with Gasteiger partial charge < -0.3 is 8.83 Å². The Kier molecular flexibility index (Phi) is 7.42. The van der Waals surface area contributed by atoms with E-state index >= 15 is 0 Å². The number of hydrogen-bond acceptors (Lipinski definition) is 5. The Hall–Kier alpha value is -7.63. The van der Waals surface area contributed by atoms with Crippen LogP contribution in [-0.2, 0) is 0 Å². The minimum Gasteiger partial charge on any atom is -0.456 e. The molecule has 0 fully saturated rings. The van der Waals surface area contributed by atoms with E-state index in [9.17, 15) is 0 Å². The monoisotopic (exact) mass is 717 g/mol. The van der Waals surface area contributed by atoms with Crippen molar-refractivity contribution in [3.8, 4) is 67.5 Å². The van der Waals surface area contributed by atoms with Gasteiger partial charge >= 0.3 is 0 Å². The van der Waals surface area contributed by atoms with Crippen LogP contribution in [0.1, 0.15) is 0 Å². The molecule has 11 rings (SSSR count). The van der Waals surface area contributed by atoms with Crippen LogP contribution < -0.4 is 0 Å². The molecule has 0 aliphatic rings. The van der Waals surface area contributed by atoms with Gasteiger partial charge in [0.05, 0.1) is 0 Å². The fourth-order valence-corrected chi connectivity index (χ4v) is 7.95. The average Bonchev–Trinajstić information content (AvgIpc) is 3.85. The summed E-state index contributed by atoms with van der Waals surface area (Å²) >= 11 is 0. The normalized spacial score (nSPS) is 11.6. The zero-order valence-corrected chi connectivity index (χ0v) is 30.1. The zero-order chi connectivity index (χ0) is 37.0. The summed E-state index contributed by atoms with van der Waals surface area (Å²) < 4.78 is 13.1. The van der Waals surface area contributed by atoms with Crippen molar-refractivity contribution in [3.63, 3.8) is 0 Å². The van der Waals surface area contributed by atoms with Crippen molar-refractivity contribution in [2.45, 2.75) is 0 Å².